The standard InChI is InChI=1S/C19H28N2O3/c1-23-18-10-6-5-9-16(18)17-13-20-11-12-21(17)19(22)14-24-15-7-3-2-4-8-15/h5-6,9-10,15,17,20H,2-4,7-8,11-14H2,1H3. The van der Waals surface area contributed by atoms with Crippen LogP contribution in [0.3, 0.4) is 0 Å². The lowest BCUT2D eigenvalue weighted by Crippen LogP contribution is -2.50. The highest BCUT2D eigenvalue weighted by Gasteiger charge is 2.30. The predicted molar refractivity (Wildman–Crippen MR) is 93.1 cm³/mol. The Morgan fingerprint density at radius 2 is 2.04 bits per heavy atom. The Morgan fingerprint density at radius 1 is 1.25 bits per heavy atom. The van der Waals surface area contributed by atoms with Crippen LogP contribution in [0.1, 0.15) is 43.7 Å². The maximum absolute atomic E-state index is 12.8. The van der Waals surface area contributed by atoms with Crippen molar-refractivity contribution in [3.05, 3.63) is 29.8 Å². The Labute approximate surface area is 144 Å². The van der Waals surface area contributed by atoms with Gasteiger partial charge in [-0.15, -0.1) is 0 Å². The molecule has 5 nitrogen and oxygen atoms in total. The molecular formula is C19H28N2O3. The summed E-state index contributed by atoms with van der Waals surface area (Å²) < 4.78 is 11.4. The largest absolute Gasteiger partial charge is 0.496 e. The number of carbonyl (C=O) groups excluding carboxylic acids is 1. The van der Waals surface area contributed by atoms with Crippen molar-refractivity contribution in [2.45, 2.75) is 44.2 Å². The van der Waals surface area contributed by atoms with Gasteiger partial charge in [0.15, 0.2) is 0 Å². The zero-order valence-corrected chi connectivity index (χ0v) is 14.5. The zero-order chi connectivity index (χ0) is 16.8. The maximum Gasteiger partial charge on any atom is 0.249 e. The second kappa shape index (κ2) is 8.49. The van der Waals surface area contributed by atoms with Crippen molar-refractivity contribution in [2.75, 3.05) is 33.4 Å². The molecular weight excluding hydrogens is 304 g/mol. The molecule has 1 amide bonds. The van der Waals surface area contributed by atoms with Crippen LogP contribution in [-0.2, 0) is 9.53 Å². The fourth-order valence-corrected chi connectivity index (χ4v) is 3.73. The van der Waals surface area contributed by atoms with Gasteiger partial charge in [0, 0.05) is 25.2 Å². The van der Waals surface area contributed by atoms with Crippen molar-refractivity contribution in [1.29, 1.82) is 0 Å². The van der Waals surface area contributed by atoms with Crippen molar-refractivity contribution >= 4 is 5.91 Å². The van der Waals surface area contributed by atoms with Crippen molar-refractivity contribution in [3.8, 4) is 5.75 Å². The van der Waals surface area contributed by atoms with Crippen molar-refractivity contribution in [2.24, 2.45) is 0 Å². The van der Waals surface area contributed by atoms with Crippen LogP contribution in [0.5, 0.6) is 5.75 Å². The summed E-state index contributed by atoms with van der Waals surface area (Å²) >= 11 is 0. The number of para-hydroxylation sites is 1. The van der Waals surface area contributed by atoms with E-state index in [1.54, 1.807) is 7.11 Å². The first-order chi connectivity index (χ1) is 11.8. The number of methoxy groups -OCH3 is 1. The molecule has 0 radical (unpaired) electrons. The van der Waals surface area contributed by atoms with Gasteiger partial charge < -0.3 is 19.7 Å². The van der Waals surface area contributed by atoms with Gasteiger partial charge >= 0.3 is 0 Å². The number of nitrogens with one attached hydrogen (secondary N) is 1. The molecule has 5 heteroatoms. The summed E-state index contributed by atoms with van der Waals surface area (Å²) in [4.78, 5) is 14.7. The Balaban J connectivity index is 1.66. The summed E-state index contributed by atoms with van der Waals surface area (Å²) in [5.41, 5.74) is 1.05. The third-order valence-corrected chi connectivity index (χ3v) is 5.06. The van der Waals surface area contributed by atoms with Gasteiger partial charge in [0.2, 0.25) is 5.91 Å². The van der Waals surface area contributed by atoms with Crippen LogP contribution < -0.4 is 10.1 Å². The Bertz CT molecular complexity index is 543. The number of benzene rings is 1. The van der Waals surface area contributed by atoms with Gasteiger partial charge in [0.25, 0.3) is 0 Å². The van der Waals surface area contributed by atoms with E-state index in [-0.39, 0.29) is 24.7 Å². The molecule has 2 aliphatic rings. The number of nitrogens with zero attached hydrogens (tertiary/aromatic N) is 1. The molecule has 1 aliphatic carbocycles. The van der Waals surface area contributed by atoms with Gasteiger partial charge in [-0.3, -0.25) is 4.79 Å². The van der Waals surface area contributed by atoms with Gasteiger partial charge in [0.1, 0.15) is 12.4 Å². The summed E-state index contributed by atoms with van der Waals surface area (Å²) in [6.45, 7) is 2.46. The van der Waals surface area contributed by atoms with E-state index < -0.39 is 0 Å². The predicted octanol–water partition coefficient (Wildman–Crippen LogP) is 2.52. The second-order valence-electron chi connectivity index (χ2n) is 6.62. The highest BCUT2D eigenvalue weighted by Crippen LogP contribution is 2.30. The Morgan fingerprint density at radius 3 is 2.83 bits per heavy atom. The van der Waals surface area contributed by atoms with E-state index in [4.69, 9.17) is 9.47 Å². The molecule has 3 rings (SSSR count). The van der Waals surface area contributed by atoms with Gasteiger partial charge in [0.05, 0.1) is 19.3 Å². The highest BCUT2D eigenvalue weighted by molar-refractivity contribution is 5.78. The summed E-state index contributed by atoms with van der Waals surface area (Å²) in [5.74, 6) is 0.912. The van der Waals surface area contributed by atoms with Crippen LogP contribution in [-0.4, -0.2) is 50.3 Å². The van der Waals surface area contributed by atoms with Crippen molar-refractivity contribution < 1.29 is 14.3 Å². The Kier molecular flexibility index (Phi) is 6.10. The fraction of sp³-hybridized carbons (Fsp3) is 0.632. The number of hydrogen-bond donors (Lipinski definition) is 1. The molecule has 24 heavy (non-hydrogen) atoms. The van der Waals surface area contributed by atoms with Crippen LogP contribution in [0.25, 0.3) is 0 Å². The molecule has 1 aliphatic heterocycles. The second-order valence-corrected chi connectivity index (χ2v) is 6.62. The van der Waals surface area contributed by atoms with Crippen LogP contribution in [0, 0.1) is 0 Å². The lowest BCUT2D eigenvalue weighted by atomic mass is 9.98. The van der Waals surface area contributed by atoms with Crippen molar-refractivity contribution in [1.82, 2.24) is 10.2 Å². The van der Waals surface area contributed by atoms with Crippen LogP contribution in [0.15, 0.2) is 24.3 Å². The smallest absolute Gasteiger partial charge is 0.249 e. The maximum atomic E-state index is 12.8. The monoisotopic (exact) mass is 332 g/mol. The molecule has 0 bridgehead atoms. The lowest BCUT2D eigenvalue weighted by Gasteiger charge is -2.37. The minimum Gasteiger partial charge on any atom is -0.496 e. The van der Waals surface area contributed by atoms with Gasteiger partial charge in [-0.05, 0) is 18.9 Å². The Hall–Kier alpha value is -1.59. The first kappa shape index (κ1) is 17.2. The molecule has 1 unspecified atom stereocenters. The molecule has 0 spiro atoms. The van der Waals surface area contributed by atoms with Crippen molar-refractivity contribution in [3.63, 3.8) is 0 Å². The average molecular weight is 332 g/mol. The minimum absolute atomic E-state index is 0.00245. The normalized spacial score (nSPS) is 22.4. The number of rotatable bonds is 5. The van der Waals surface area contributed by atoms with Crippen LogP contribution in [0.4, 0.5) is 0 Å². The quantitative estimate of drug-likeness (QED) is 0.900. The number of amides is 1. The fourth-order valence-electron chi connectivity index (χ4n) is 3.73. The number of hydrogen-bond acceptors (Lipinski definition) is 4. The lowest BCUT2D eigenvalue weighted by molar-refractivity contribution is -0.142. The molecule has 1 atom stereocenters. The summed E-state index contributed by atoms with van der Waals surface area (Å²) in [6, 6.07) is 7.94. The first-order valence-electron chi connectivity index (χ1n) is 9.04. The molecule has 1 N–H and O–H groups in total. The minimum atomic E-state index is -0.00245. The van der Waals surface area contributed by atoms with Gasteiger partial charge in [-0.2, -0.15) is 0 Å². The topological polar surface area (TPSA) is 50.8 Å². The van der Waals surface area contributed by atoms with E-state index in [9.17, 15) is 4.79 Å². The number of piperazine rings is 1. The van der Waals surface area contributed by atoms with Gasteiger partial charge in [-0.25, -0.2) is 0 Å². The van der Waals surface area contributed by atoms with E-state index in [0.717, 1.165) is 37.2 Å². The summed E-state index contributed by atoms with van der Waals surface area (Å²) in [6.07, 6.45) is 6.17. The third-order valence-electron chi connectivity index (χ3n) is 5.06. The molecule has 1 heterocycles. The van der Waals surface area contributed by atoms with Crippen LogP contribution in [0.2, 0.25) is 0 Å². The number of ether oxygens (including phenoxy) is 2. The summed E-state index contributed by atoms with van der Waals surface area (Å²) in [5, 5.41) is 3.38. The van der Waals surface area contributed by atoms with E-state index >= 15 is 0 Å². The van der Waals surface area contributed by atoms with E-state index in [2.05, 4.69) is 5.32 Å². The molecule has 1 aromatic carbocycles. The average Bonchev–Trinajstić information content (AvgIpc) is 2.67. The van der Waals surface area contributed by atoms with E-state index in [1.807, 2.05) is 29.2 Å². The SMILES string of the molecule is COc1ccccc1C1CNCCN1C(=O)COC1CCCCC1. The van der Waals surface area contributed by atoms with E-state index in [1.165, 1.54) is 19.3 Å². The molecule has 1 saturated heterocycles. The summed E-state index contributed by atoms with van der Waals surface area (Å²) in [7, 11) is 1.67. The van der Waals surface area contributed by atoms with E-state index in [0.29, 0.717) is 6.54 Å². The molecule has 132 valence electrons. The third kappa shape index (κ3) is 4.08. The van der Waals surface area contributed by atoms with Crippen LogP contribution >= 0.6 is 0 Å². The molecule has 1 saturated carbocycles. The molecule has 1 aromatic rings. The molecule has 2 fully saturated rings. The number of carbonyl (C=O) groups is 1. The first-order valence-corrected chi connectivity index (χ1v) is 9.04. The zero-order valence-electron chi connectivity index (χ0n) is 14.5. The molecule has 0 aromatic heterocycles. The highest BCUT2D eigenvalue weighted by atomic mass is 16.5. The van der Waals surface area contributed by atoms with Gasteiger partial charge in [-0.1, -0.05) is 37.5 Å².